The molecule has 0 aliphatic rings. The molecule has 0 saturated carbocycles. The third-order valence-corrected chi connectivity index (χ3v) is 4.41. The molecule has 0 aliphatic heterocycles. The summed E-state index contributed by atoms with van der Waals surface area (Å²) in [7, 11) is 3.98. The minimum Gasteiger partial charge on any atom is -0.378 e. The molecule has 0 fully saturated rings. The van der Waals surface area contributed by atoms with Crippen LogP contribution in [0.5, 0.6) is 0 Å². The van der Waals surface area contributed by atoms with Gasteiger partial charge in [0, 0.05) is 26.2 Å². The zero-order valence-electron chi connectivity index (χ0n) is 12.9. The zero-order valence-corrected chi connectivity index (χ0v) is 15.1. The molecule has 1 N–H and O–H groups in total. The highest BCUT2D eigenvalue weighted by Gasteiger charge is 2.09. The lowest BCUT2D eigenvalue weighted by atomic mass is 10.1. The molecule has 2 aromatic carbocycles. The molecule has 3 nitrogen and oxygen atoms in total. The second-order valence-corrected chi connectivity index (χ2v) is 6.58. The Kier molecular flexibility index (Phi) is 6.17. The van der Waals surface area contributed by atoms with Crippen LogP contribution in [0.25, 0.3) is 0 Å². The molecular weight excluding hydrogens is 355 g/mol. The molecule has 0 bridgehead atoms. The van der Waals surface area contributed by atoms with Crippen LogP contribution in [0, 0.1) is 0 Å². The maximum Gasteiger partial charge on any atom is 0.224 e. The number of benzene rings is 2. The summed E-state index contributed by atoms with van der Waals surface area (Å²) >= 11 is 17.9. The number of anilines is 2. The Balaban J connectivity index is 1.94. The Labute approximate surface area is 151 Å². The molecule has 0 atom stereocenters. The summed E-state index contributed by atoms with van der Waals surface area (Å²) in [6.07, 6.45) is 1.01. The third-order valence-electron chi connectivity index (χ3n) is 3.38. The first kappa shape index (κ1) is 17.9. The average Bonchev–Trinajstić information content (AvgIpc) is 2.51. The van der Waals surface area contributed by atoms with Gasteiger partial charge >= 0.3 is 0 Å². The number of hydrogen-bond acceptors (Lipinski definition) is 2. The average molecular weight is 372 g/mol. The molecular formula is C17H17Cl3N2O. The van der Waals surface area contributed by atoms with E-state index in [0.717, 1.165) is 11.3 Å². The lowest BCUT2D eigenvalue weighted by Crippen LogP contribution is -2.13. The quantitative estimate of drug-likeness (QED) is 0.725. The monoisotopic (exact) mass is 370 g/mol. The van der Waals surface area contributed by atoms with Gasteiger partial charge in [0.1, 0.15) is 0 Å². The summed E-state index contributed by atoms with van der Waals surface area (Å²) in [6, 6.07) is 11.2. The molecule has 122 valence electrons. The van der Waals surface area contributed by atoms with Crippen molar-refractivity contribution in [3.63, 3.8) is 0 Å². The first-order valence-electron chi connectivity index (χ1n) is 7.07. The Bertz CT molecular complexity index is 700. The number of aryl methyl sites for hydroxylation is 1. The number of halogens is 3. The lowest BCUT2D eigenvalue weighted by Gasteiger charge is -2.12. The van der Waals surface area contributed by atoms with Crippen LogP contribution in [0.2, 0.25) is 15.1 Å². The van der Waals surface area contributed by atoms with E-state index in [1.165, 1.54) is 6.07 Å². The summed E-state index contributed by atoms with van der Waals surface area (Å²) in [6.45, 7) is 0. The van der Waals surface area contributed by atoms with Crippen molar-refractivity contribution in [2.45, 2.75) is 12.8 Å². The molecule has 6 heteroatoms. The van der Waals surface area contributed by atoms with Crippen molar-refractivity contribution in [3.8, 4) is 0 Å². The number of hydrogen-bond donors (Lipinski definition) is 1. The van der Waals surface area contributed by atoms with Gasteiger partial charge in [0.05, 0.1) is 20.8 Å². The maximum atomic E-state index is 12.1. The van der Waals surface area contributed by atoms with E-state index in [9.17, 15) is 4.79 Å². The van der Waals surface area contributed by atoms with Crippen LogP contribution in [-0.4, -0.2) is 20.0 Å². The van der Waals surface area contributed by atoms with Crippen LogP contribution in [0.1, 0.15) is 12.0 Å². The van der Waals surface area contributed by atoms with E-state index in [1.54, 1.807) is 6.07 Å². The van der Waals surface area contributed by atoms with Crippen molar-refractivity contribution >= 4 is 52.1 Å². The van der Waals surface area contributed by atoms with Crippen LogP contribution in [0.4, 0.5) is 11.4 Å². The van der Waals surface area contributed by atoms with Gasteiger partial charge < -0.3 is 10.2 Å². The van der Waals surface area contributed by atoms with Gasteiger partial charge in [0.2, 0.25) is 5.91 Å². The summed E-state index contributed by atoms with van der Waals surface area (Å²) in [4.78, 5) is 14.1. The van der Waals surface area contributed by atoms with Gasteiger partial charge in [0.25, 0.3) is 0 Å². The predicted molar refractivity (Wildman–Crippen MR) is 99.2 cm³/mol. The number of rotatable bonds is 5. The van der Waals surface area contributed by atoms with Crippen molar-refractivity contribution < 1.29 is 4.79 Å². The molecule has 2 aromatic rings. The lowest BCUT2D eigenvalue weighted by molar-refractivity contribution is -0.116. The molecule has 0 radical (unpaired) electrons. The topological polar surface area (TPSA) is 32.3 Å². The van der Waals surface area contributed by atoms with E-state index in [1.807, 2.05) is 43.3 Å². The molecule has 0 aromatic heterocycles. The van der Waals surface area contributed by atoms with Gasteiger partial charge in [-0.15, -0.1) is 0 Å². The minimum absolute atomic E-state index is 0.123. The van der Waals surface area contributed by atoms with E-state index in [-0.39, 0.29) is 5.91 Å². The summed E-state index contributed by atoms with van der Waals surface area (Å²) < 4.78 is 0. The molecule has 0 spiro atoms. The van der Waals surface area contributed by atoms with Gasteiger partial charge in [-0.2, -0.15) is 0 Å². The molecule has 1 amide bonds. The standard InChI is InChI=1S/C17H17Cl3N2O/c1-22(2)12-6-3-11(4-7-12)5-8-17(23)21-16-10-14(19)13(18)9-15(16)20/h3-4,6-7,9-10H,5,8H2,1-2H3,(H,21,23). The first-order valence-corrected chi connectivity index (χ1v) is 8.21. The Morgan fingerprint density at radius 2 is 1.61 bits per heavy atom. The van der Waals surface area contributed by atoms with Gasteiger partial charge in [0.15, 0.2) is 0 Å². The van der Waals surface area contributed by atoms with Crippen LogP contribution in [-0.2, 0) is 11.2 Å². The van der Waals surface area contributed by atoms with Gasteiger partial charge in [-0.25, -0.2) is 0 Å². The van der Waals surface area contributed by atoms with E-state index < -0.39 is 0 Å². The second kappa shape index (κ2) is 7.91. The van der Waals surface area contributed by atoms with E-state index in [2.05, 4.69) is 5.32 Å². The number of carbonyl (C=O) groups is 1. The Morgan fingerprint density at radius 3 is 2.22 bits per heavy atom. The summed E-state index contributed by atoms with van der Waals surface area (Å²) in [5, 5.41) is 3.83. The number of amides is 1. The molecule has 0 unspecified atom stereocenters. The minimum atomic E-state index is -0.123. The molecule has 0 aliphatic carbocycles. The van der Waals surface area contributed by atoms with Crippen molar-refractivity contribution in [1.29, 1.82) is 0 Å². The zero-order chi connectivity index (χ0) is 17.0. The number of nitrogens with zero attached hydrogens (tertiary/aromatic N) is 1. The van der Waals surface area contributed by atoms with E-state index in [4.69, 9.17) is 34.8 Å². The van der Waals surface area contributed by atoms with Crippen LogP contribution < -0.4 is 10.2 Å². The van der Waals surface area contributed by atoms with Crippen molar-refractivity contribution in [2.75, 3.05) is 24.3 Å². The Morgan fingerprint density at radius 1 is 1.00 bits per heavy atom. The Hall–Kier alpha value is -1.42. The van der Waals surface area contributed by atoms with Crippen LogP contribution in [0.15, 0.2) is 36.4 Å². The van der Waals surface area contributed by atoms with E-state index in [0.29, 0.717) is 33.6 Å². The molecule has 0 saturated heterocycles. The molecule has 0 heterocycles. The normalized spacial score (nSPS) is 10.5. The SMILES string of the molecule is CN(C)c1ccc(CCC(=O)Nc2cc(Cl)c(Cl)cc2Cl)cc1. The van der Waals surface area contributed by atoms with Gasteiger partial charge in [-0.3, -0.25) is 4.79 Å². The van der Waals surface area contributed by atoms with Crippen molar-refractivity contribution in [1.82, 2.24) is 0 Å². The first-order chi connectivity index (χ1) is 10.9. The fourth-order valence-electron chi connectivity index (χ4n) is 2.05. The number of nitrogens with one attached hydrogen (secondary N) is 1. The highest BCUT2D eigenvalue weighted by atomic mass is 35.5. The van der Waals surface area contributed by atoms with Gasteiger partial charge in [-0.05, 0) is 36.2 Å². The molecule has 23 heavy (non-hydrogen) atoms. The third kappa shape index (κ3) is 5.03. The van der Waals surface area contributed by atoms with Crippen LogP contribution >= 0.6 is 34.8 Å². The summed E-state index contributed by atoms with van der Waals surface area (Å²) in [5.74, 6) is -0.123. The molecule has 2 rings (SSSR count). The smallest absolute Gasteiger partial charge is 0.224 e. The van der Waals surface area contributed by atoms with Crippen molar-refractivity contribution in [3.05, 3.63) is 57.0 Å². The van der Waals surface area contributed by atoms with E-state index >= 15 is 0 Å². The largest absolute Gasteiger partial charge is 0.378 e. The van der Waals surface area contributed by atoms with Gasteiger partial charge in [-0.1, -0.05) is 46.9 Å². The number of carbonyl (C=O) groups excluding carboxylic acids is 1. The highest BCUT2D eigenvalue weighted by Crippen LogP contribution is 2.32. The fraction of sp³-hybridized carbons (Fsp3) is 0.235. The second-order valence-electron chi connectivity index (χ2n) is 5.36. The summed E-state index contributed by atoms with van der Waals surface area (Å²) in [5.41, 5.74) is 2.70. The fourth-order valence-corrected chi connectivity index (χ4v) is 2.64. The maximum absolute atomic E-state index is 12.1. The van der Waals surface area contributed by atoms with Crippen LogP contribution in [0.3, 0.4) is 0 Å². The van der Waals surface area contributed by atoms with Crippen molar-refractivity contribution in [2.24, 2.45) is 0 Å². The predicted octanol–water partition coefficient (Wildman–Crippen LogP) is 5.28. The highest BCUT2D eigenvalue weighted by molar-refractivity contribution is 6.44.